The summed E-state index contributed by atoms with van der Waals surface area (Å²) in [5.41, 5.74) is 4.29. The van der Waals surface area contributed by atoms with Crippen molar-refractivity contribution in [2.45, 2.75) is 13.5 Å². The highest BCUT2D eigenvalue weighted by atomic mass is 32.2. The Labute approximate surface area is 226 Å². The van der Waals surface area contributed by atoms with Gasteiger partial charge in [-0.15, -0.1) is 0 Å². The van der Waals surface area contributed by atoms with Gasteiger partial charge >= 0.3 is 0 Å². The fraction of sp³-hybridized carbons (Fsp3) is 0.233. The third kappa shape index (κ3) is 5.98. The summed E-state index contributed by atoms with van der Waals surface area (Å²) >= 11 is 1.30. The Morgan fingerprint density at radius 3 is 2.61 bits per heavy atom. The summed E-state index contributed by atoms with van der Waals surface area (Å²) < 4.78 is 11.4. The standard InChI is InChI=1S/C30H29N3O4S/c1-21-10-12-22(13-11-21)20-37-26-9-4-3-6-23(26)19-27-29(35)32(2)30(38-27)31-25-8-5-7-24(18-25)28(34)33-14-16-36-17-15-33/h3-13,18-19H,14-17,20H2,1-2H3/b27-19+,31-30?. The van der Waals surface area contributed by atoms with E-state index in [0.717, 1.165) is 11.1 Å². The Hall–Kier alpha value is -3.88. The van der Waals surface area contributed by atoms with Crippen molar-refractivity contribution < 1.29 is 19.1 Å². The highest BCUT2D eigenvalue weighted by molar-refractivity contribution is 8.18. The van der Waals surface area contributed by atoms with E-state index in [1.165, 1.54) is 22.2 Å². The van der Waals surface area contributed by atoms with Crippen LogP contribution in [0.2, 0.25) is 0 Å². The van der Waals surface area contributed by atoms with Crippen molar-refractivity contribution in [1.29, 1.82) is 0 Å². The quantitative estimate of drug-likeness (QED) is 0.408. The third-order valence-corrected chi connectivity index (χ3v) is 7.40. The Morgan fingerprint density at radius 1 is 1.05 bits per heavy atom. The van der Waals surface area contributed by atoms with Crippen LogP contribution in [0.5, 0.6) is 5.75 Å². The monoisotopic (exact) mass is 527 g/mol. The number of likely N-dealkylation sites (N-methyl/N-ethyl adjacent to an activating group) is 1. The number of morpholine rings is 1. The molecule has 2 fully saturated rings. The van der Waals surface area contributed by atoms with Crippen LogP contribution in [-0.2, 0) is 16.1 Å². The van der Waals surface area contributed by atoms with Crippen molar-refractivity contribution in [3.63, 3.8) is 0 Å². The molecule has 0 saturated carbocycles. The van der Waals surface area contributed by atoms with E-state index in [1.807, 2.05) is 54.6 Å². The summed E-state index contributed by atoms with van der Waals surface area (Å²) in [6, 6.07) is 23.1. The maximum absolute atomic E-state index is 13.1. The molecule has 3 aromatic carbocycles. The summed E-state index contributed by atoms with van der Waals surface area (Å²) in [4.78, 5) is 34.5. The van der Waals surface area contributed by atoms with Gasteiger partial charge in [0.2, 0.25) is 0 Å². The molecule has 0 unspecified atom stereocenters. The number of amidine groups is 1. The van der Waals surface area contributed by atoms with Crippen molar-refractivity contribution in [3.8, 4) is 5.75 Å². The number of aliphatic imine (C=N–C) groups is 1. The van der Waals surface area contributed by atoms with Gasteiger partial charge in [0.1, 0.15) is 12.4 Å². The van der Waals surface area contributed by atoms with E-state index in [9.17, 15) is 9.59 Å². The van der Waals surface area contributed by atoms with Gasteiger partial charge in [-0.25, -0.2) is 4.99 Å². The minimum absolute atomic E-state index is 0.0401. The zero-order valence-corrected chi connectivity index (χ0v) is 22.2. The molecule has 0 atom stereocenters. The van der Waals surface area contributed by atoms with Crippen LogP contribution in [0.3, 0.4) is 0 Å². The second-order valence-electron chi connectivity index (χ2n) is 9.14. The van der Waals surface area contributed by atoms with Gasteiger partial charge < -0.3 is 14.4 Å². The van der Waals surface area contributed by atoms with Gasteiger partial charge in [-0.3, -0.25) is 14.5 Å². The number of carbonyl (C=O) groups is 2. The number of amides is 2. The molecule has 194 valence electrons. The summed E-state index contributed by atoms with van der Waals surface area (Å²) in [6.45, 7) is 4.75. The number of aryl methyl sites for hydroxylation is 1. The highest BCUT2D eigenvalue weighted by Gasteiger charge is 2.30. The first-order valence-electron chi connectivity index (χ1n) is 12.5. The number of para-hydroxylation sites is 1. The van der Waals surface area contributed by atoms with Crippen LogP contribution in [0.4, 0.5) is 5.69 Å². The number of rotatable bonds is 6. The van der Waals surface area contributed by atoms with Gasteiger partial charge in [0, 0.05) is 31.3 Å². The molecule has 2 heterocycles. The van der Waals surface area contributed by atoms with E-state index in [0.29, 0.717) is 60.0 Å². The predicted octanol–water partition coefficient (Wildman–Crippen LogP) is 5.28. The molecule has 8 heteroatoms. The van der Waals surface area contributed by atoms with Crippen molar-refractivity contribution in [1.82, 2.24) is 9.80 Å². The largest absolute Gasteiger partial charge is 0.488 e. The average molecular weight is 528 g/mol. The van der Waals surface area contributed by atoms with Gasteiger partial charge in [0.15, 0.2) is 5.17 Å². The average Bonchev–Trinajstić information content (AvgIpc) is 3.21. The van der Waals surface area contributed by atoms with Crippen LogP contribution >= 0.6 is 11.8 Å². The van der Waals surface area contributed by atoms with E-state index >= 15 is 0 Å². The van der Waals surface area contributed by atoms with Crippen LogP contribution in [-0.4, -0.2) is 60.1 Å². The van der Waals surface area contributed by atoms with Gasteiger partial charge in [-0.1, -0.05) is 54.1 Å². The highest BCUT2D eigenvalue weighted by Crippen LogP contribution is 2.35. The fourth-order valence-electron chi connectivity index (χ4n) is 4.14. The molecule has 7 nitrogen and oxygen atoms in total. The van der Waals surface area contributed by atoms with Crippen molar-refractivity contribution in [2.75, 3.05) is 33.4 Å². The Morgan fingerprint density at radius 2 is 1.82 bits per heavy atom. The molecule has 2 aliphatic rings. The van der Waals surface area contributed by atoms with Gasteiger partial charge in [-0.2, -0.15) is 0 Å². The molecule has 0 aromatic heterocycles. The molecule has 38 heavy (non-hydrogen) atoms. The lowest BCUT2D eigenvalue weighted by molar-refractivity contribution is -0.121. The van der Waals surface area contributed by atoms with Gasteiger partial charge in [-0.05, 0) is 54.6 Å². The number of ether oxygens (including phenoxy) is 2. The summed E-state index contributed by atoms with van der Waals surface area (Å²) in [6.07, 6.45) is 1.84. The summed E-state index contributed by atoms with van der Waals surface area (Å²) in [5.74, 6) is 0.528. The van der Waals surface area contributed by atoms with Gasteiger partial charge in [0.25, 0.3) is 11.8 Å². The van der Waals surface area contributed by atoms with Gasteiger partial charge in [0.05, 0.1) is 23.8 Å². The molecule has 0 radical (unpaired) electrons. The first-order chi connectivity index (χ1) is 18.5. The first-order valence-corrected chi connectivity index (χ1v) is 13.3. The second-order valence-corrected chi connectivity index (χ2v) is 10.1. The molecule has 0 spiro atoms. The number of hydrogen-bond acceptors (Lipinski definition) is 6. The second kappa shape index (κ2) is 11.7. The third-order valence-electron chi connectivity index (χ3n) is 6.34. The molecule has 2 saturated heterocycles. The minimum atomic E-state index is -0.136. The molecular weight excluding hydrogens is 498 g/mol. The smallest absolute Gasteiger partial charge is 0.266 e. The summed E-state index contributed by atoms with van der Waals surface area (Å²) in [7, 11) is 1.71. The Kier molecular flexibility index (Phi) is 7.91. The SMILES string of the molecule is Cc1ccc(COc2ccccc2/C=C2/SC(=Nc3cccc(C(=O)N4CCOCC4)c3)N(C)C2=O)cc1. The number of hydrogen-bond donors (Lipinski definition) is 0. The van der Waals surface area contributed by atoms with E-state index in [-0.39, 0.29) is 11.8 Å². The van der Waals surface area contributed by atoms with Crippen LogP contribution in [0.25, 0.3) is 6.08 Å². The van der Waals surface area contributed by atoms with E-state index in [2.05, 4.69) is 19.1 Å². The van der Waals surface area contributed by atoms with E-state index in [4.69, 9.17) is 14.5 Å². The Balaban J connectivity index is 1.33. The zero-order valence-electron chi connectivity index (χ0n) is 21.4. The van der Waals surface area contributed by atoms with Crippen LogP contribution < -0.4 is 4.74 Å². The Bertz CT molecular complexity index is 1390. The van der Waals surface area contributed by atoms with Crippen LogP contribution in [0, 0.1) is 6.92 Å². The van der Waals surface area contributed by atoms with Crippen LogP contribution in [0.15, 0.2) is 82.7 Å². The molecule has 2 amide bonds. The molecule has 5 rings (SSSR count). The van der Waals surface area contributed by atoms with E-state index < -0.39 is 0 Å². The lowest BCUT2D eigenvalue weighted by Crippen LogP contribution is -2.40. The van der Waals surface area contributed by atoms with Crippen molar-refractivity contribution >= 4 is 40.5 Å². The zero-order chi connectivity index (χ0) is 26.5. The molecule has 2 aliphatic heterocycles. The molecular formula is C30H29N3O4S. The predicted molar refractivity (Wildman–Crippen MR) is 151 cm³/mol. The summed E-state index contributed by atoms with van der Waals surface area (Å²) in [5, 5.41) is 0.551. The normalized spacial score (nSPS) is 17.9. The maximum atomic E-state index is 13.1. The lowest BCUT2D eigenvalue weighted by atomic mass is 10.1. The van der Waals surface area contributed by atoms with E-state index in [1.54, 1.807) is 24.1 Å². The first kappa shape index (κ1) is 25.8. The fourth-order valence-corrected chi connectivity index (χ4v) is 5.12. The number of thioether (sulfide) groups is 1. The molecule has 0 N–H and O–H groups in total. The molecule has 3 aromatic rings. The number of carbonyl (C=O) groups excluding carboxylic acids is 2. The topological polar surface area (TPSA) is 71.4 Å². The lowest BCUT2D eigenvalue weighted by Gasteiger charge is -2.26. The maximum Gasteiger partial charge on any atom is 0.266 e. The minimum Gasteiger partial charge on any atom is -0.488 e. The molecule has 0 bridgehead atoms. The number of nitrogens with zero attached hydrogens (tertiary/aromatic N) is 3. The van der Waals surface area contributed by atoms with Crippen molar-refractivity contribution in [3.05, 3.63) is 100.0 Å². The van der Waals surface area contributed by atoms with Crippen molar-refractivity contribution in [2.24, 2.45) is 4.99 Å². The van der Waals surface area contributed by atoms with Crippen LogP contribution in [0.1, 0.15) is 27.0 Å². The number of benzene rings is 3. The molecule has 0 aliphatic carbocycles.